The van der Waals surface area contributed by atoms with E-state index in [2.05, 4.69) is 32.6 Å². The van der Waals surface area contributed by atoms with Crippen LogP contribution < -0.4 is 10.6 Å². The Kier molecular flexibility index (Phi) is 5.45. The molecule has 0 aromatic heterocycles. The van der Waals surface area contributed by atoms with Gasteiger partial charge in [0.2, 0.25) is 0 Å². The zero-order valence-corrected chi connectivity index (χ0v) is 13.9. The van der Waals surface area contributed by atoms with Gasteiger partial charge in [-0.1, -0.05) is 33.8 Å². The van der Waals surface area contributed by atoms with Crippen LogP contribution in [-0.2, 0) is 9.84 Å². The van der Waals surface area contributed by atoms with Gasteiger partial charge in [-0.05, 0) is 24.0 Å². The minimum atomic E-state index is -3.30. The van der Waals surface area contributed by atoms with Crippen molar-refractivity contribution in [2.45, 2.75) is 32.6 Å². The lowest BCUT2D eigenvalue weighted by Crippen LogP contribution is -2.32. The summed E-state index contributed by atoms with van der Waals surface area (Å²) < 4.78 is 23.5. The van der Waals surface area contributed by atoms with Crippen LogP contribution in [0.2, 0.25) is 0 Å². The highest BCUT2D eigenvalue weighted by Gasteiger charge is 2.19. The molecule has 0 heterocycles. The number of sulfone groups is 1. The molecular formula is C15H26N2O2S. The number of para-hydroxylation sites is 1. The van der Waals surface area contributed by atoms with Gasteiger partial charge >= 0.3 is 0 Å². The fourth-order valence-corrected chi connectivity index (χ4v) is 3.11. The Hall–Kier alpha value is -1.23. The smallest absolute Gasteiger partial charge is 0.177 e. The molecule has 2 N–H and O–H groups in total. The van der Waals surface area contributed by atoms with Gasteiger partial charge in [0.15, 0.2) is 9.84 Å². The Balaban J connectivity index is 3.27. The maximum Gasteiger partial charge on any atom is 0.177 e. The van der Waals surface area contributed by atoms with Crippen LogP contribution in [0.3, 0.4) is 0 Å². The van der Waals surface area contributed by atoms with E-state index in [9.17, 15) is 8.42 Å². The fraction of sp³-hybridized carbons (Fsp3) is 0.600. The minimum Gasteiger partial charge on any atom is -0.396 e. The predicted octanol–water partition coefficient (Wildman–Crippen LogP) is 2.79. The van der Waals surface area contributed by atoms with Crippen molar-refractivity contribution in [1.82, 2.24) is 0 Å². The SMILES string of the molecule is CC(C)CN(CC(C)C)c1cccc(S(C)(=O)=O)c1N. The summed E-state index contributed by atoms with van der Waals surface area (Å²) >= 11 is 0. The van der Waals surface area contributed by atoms with Gasteiger partial charge in [-0.25, -0.2) is 8.42 Å². The molecule has 0 aliphatic rings. The maximum absolute atomic E-state index is 11.8. The number of anilines is 2. The van der Waals surface area contributed by atoms with E-state index >= 15 is 0 Å². The van der Waals surface area contributed by atoms with E-state index in [-0.39, 0.29) is 4.90 Å². The summed E-state index contributed by atoms with van der Waals surface area (Å²) in [6.07, 6.45) is 1.19. The number of hydrogen-bond donors (Lipinski definition) is 1. The first-order valence-electron chi connectivity index (χ1n) is 6.96. The van der Waals surface area contributed by atoms with Gasteiger partial charge in [-0.3, -0.25) is 0 Å². The zero-order chi connectivity index (χ0) is 15.5. The summed E-state index contributed by atoms with van der Waals surface area (Å²) in [4.78, 5) is 2.40. The second kappa shape index (κ2) is 6.48. The Morgan fingerprint density at radius 2 is 1.60 bits per heavy atom. The third-order valence-electron chi connectivity index (χ3n) is 2.95. The first kappa shape index (κ1) is 16.8. The molecule has 0 aliphatic heterocycles. The van der Waals surface area contributed by atoms with Crippen LogP contribution >= 0.6 is 0 Å². The Labute approximate surface area is 122 Å². The molecule has 1 aromatic carbocycles. The maximum atomic E-state index is 11.8. The minimum absolute atomic E-state index is 0.215. The third-order valence-corrected chi connectivity index (χ3v) is 4.11. The first-order chi connectivity index (χ1) is 9.12. The lowest BCUT2D eigenvalue weighted by molar-refractivity contribution is 0.553. The molecule has 0 atom stereocenters. The van der Waals surface area contributed by atoms with Crippen LogP contribution in [0.1, 0.15) is 27.7 Å². The highest BCUT2D eigenvalue weighted by Crippen LogP contribution is 2.30. The van der Waals surface area contributed by atoms with Gasteiger partial charge in [-0.2, -0.15) is 0 Å². The molecule has 5 heteroatoms. The van der Waals surface area contributed by atoms with Gasteiger partial charge in [0.1, 0.15) is 0 Å². The van der Waals surface area contributed by atoms with Gasteiger partial charge in [0.05, 0.1) is 16.3 Å². The normalized spacial score (nSPS) is 12.2. The van der Waals surface area contributed by atoms with Gasteiger partial charge in [0, 0.05) is 19.3 Å². The molecular weight excluding hydrogens is 272 g/mol. The van der Waals surface area contributed by atoms with Crippen LogP contribution in [-0.4, -0.2) is 27.8 Å². The Bertz CT molecular complexity index is 541. The summed E-state index contributed by atoms with van der Waals surface area (Å²) in [6, 6.07) is 5.22. The van der Waals surface area contributed by atoms with E-state index in [1.54, 1.807) is 12.1 Å². The average molecular weight is 298 g/mol. The summed E-state index contributed by atoms with van der Waals surface area (Å²) in [5.41, 5.74) is 7.27. The summed E-state index contributed by atoms with van der Waals surface area (Å²) in [6.45, 7) is 10.3. The monoisotopic (exact) mass is 298 g/mol. The molecule has 114 valence electrons. The number of nitrogens with zero attached hydrogens (tertiary/aromatic N) is 1. The number of nitrogen functional groups attached to an aromatic ring is 1. The standard InChI is InChI=1S/C15H26N2O2S/c1-11(2)9-17(10-12(3)4)13-7-6-8-14(15(13)16)20(5,18)19/h6-8,11-12H,9-10,16H2,1-5H3. The fourth-order valence-electron chi connectivity index (χ4n) is 2.28. The van der Waals surface area contributed by atoms with E-state index in [0.717, 1.165) is 18.8 Å². The summed E-state index contributed by atoms with van der Waals surface area (Å²) in [5.74, 6) is 0.963. The second-order valence-electron chi connectivity index (χ2n) is 6.15. The Morgan fingerprint density at radius 1 is 1.10 bits per heavy atom. The van der Waals surface area contributed by atoms with Gasteiger partial charge in [-0.15, -0.1) is 0 Å². The van der Waals surface area contributed by atoms with E-state index in [4.69, 9.17) is 5.73 Å². The Morgan fingerprint density at radius 3 is 2.00 bits per heavy atom. The number of nitrogens with two attached hydrogens (primary N) is 1. The molecule has 0 aliphatic carbocycles. The van der Waals surface area contributed by atoms with E-state index < -0.39 is 9.84 Å². The molecule has 0 fully saturated rings. The number of rotatable bonds is 6. The summed E-state index contributed by atoms with van der Waals surface area (Å²) in [7, 11) is -3.30. The largest absolute Gasteiger partial charge is 0.396 e. The first-order valence-corrected chi connectivity index (χ1v) is 8.85. The molecule has 0 unspecified atom stereocenters. The van der Waals surface area contributed by atoms with Crippen molar-refractivity contribution in [1.29, 1.82) is 0 Å². The van der Waals surface area contributed by atoms with Crippen LogP contribution in [0.15, 0.2) is 23.1 Å². The van der Waals surface area contributed by atoms with Crippen molar-refractivity contribution in [2.24, 2.45) is 11.8 Å². The van der Waals surface area contributed by atoms with Crippen molar-refractivity contribution in [3.8, 4) is 0 Å². The molecule has 0 bridgehead atoms. The van der Waals surface area contributed by atoms with Crippen molar-refractivity contribution in [3.63, 3.8) is 0 Å². The molecule has 0 radical (unpaired) electrons. The highest BCUT2D eigenvalue weighted by atomic mass is 32.2. The number of hydrogen-bond acceptors (Lipinski definition) is 4. The molecule has 4 nitrogen and oxygen atoms in total. The quantitative estimate of drug-likeness (QED) is 0.820. The topological polar surface area (TPSA) is 63.4 Å². The predicted molar refractivity (Wildman–Crippen MR) is 85.9 cm³/mol. The summed E-state index contributed by atoms with van der Waals surface area (Å²) in [5, 5.41) is 0. The second-order valence-corrected chi connectivity index (χ2v) is 8.14. The van der Waals surface area contributed by atoms with Crippen molar-refractivity contribution in [3.05, 3.63) is 18.2 Å². The van der Waals surface area contributed by atoms with Gasteiger partial charge in [0.25, 0.3) is 0 Å². The molecule has 0 saturated carbocycles. The van der Waals surface area contributed by atoms with Crippen molar-refractivity contribution < 1.29 is 8.42 Å². The van der Waals surface area contributed by atoms with Crippen molar-refractivity contribution >= 4 is 21.2 Å². The molecule has 20 heavy (non-hydrogen) atoms. The lowest BCUT2D eigenvalue weighted by atomic mass is 10.1. The molecule has 1 aromatic rings. The average Bonchev–Trinajstić information content (AvgIpc) is 2.25. The van der Waals surface area contributed by atoms with E-state index in [1.807, 2.05) is 6.07 Å². The third kappa shape index (κ3) is 4.40. The van der Waals surface area contributed by atoms with Crippen molar-refractivity contribution in [2.75, 3.05) is 30.0 Å². The molecule has 0 saturated heterocycles. The number of benzene rings is 1. The van der Waals surface area contributed by atoms with Crippen LogP contribution in [0, 0.1) is 11.8 Å². The highest BCUT2D eigenvalue weighted by molar-refractivity contribution is 7.90. The van der Waals surface area contributed by atoms with Gasteiger partial charge < -0.3 is 10.6 Å². The molecule has 0 spiro atoms. The zero-order valence-electron chi connectivity index (χ0n) is 13.1. The van der Waals surface area contributed by atoms with Crippen LogP contribution in [0.5, 0.6) is 0 Å². The lowest BCUT2D eigenvalue weighted by Gasteiger charge is -2.30. The van der Waals surface area contributed by atoms with Crippen LogP contribution in [0.25, 0.3) is 0 Å². The van der Waals surface area contributed by atoms with Crippen LogP contribution in [0.4, 0.5) is 11.4 Å². The van der Waals surface area contributed by atoms with E-state index in [1.165, 1.54) is 6.26 Å². The molecule has 0 amide bonds. The van der Waals surface area contributed by atoms with E-state index in [0.29, 0.717) is 17.5 Å². The molecule has 1 rings (SSSR count).